The van der Waals surface area contributed by atoms with Crippen LogP contribution < -0.4 is 21.1 Å². The number of hydrogen-bond acceptors (Lipinski definition) is 5. The van der Waals surface area contributed by atoms with Crippen LogP contribution >= 0.6 is 0 Å². The fraction of sp³-hybridized carbons (Fsp3) is 0.429. The minimum atomic E-state index is -0.888. The van der Waals surface area contributed by atoms with Gasteiger partial charge in [-0.2, -0.15) is 4.98 Å². The van der Waals surface area contributed by atoms with Gasteiger partial charge in [-0.05, 0) is 45.2 Å². The number of aromatic amines is 1. The molecule has 0 saturated carbocycles. The van der Waals surface area contributed by atoms with Gasteiger partial charge < -0.3 is 15.5 Å². The normalized spacial score (nSPS) is 23.9. The van der Waals surface area contributed by atoms with Crippen LogP contribution in [0.2, 0.25) is 0 Å². The zero-order valence-corrected chi connectivity index (χ0v) is 16.6. The number of benzene rings is 1. The van der Waals surface area contributed by atoms with Crippen molar-refractivity contribution >= 4 is 29.3 Å². The Morgan fingerprint density at radius 2 is 1.83 bits per heavy atom. The highest BCUT2D eigenvalue weighted by Crippen LogP contribution is 2.32. The van der Waals surface area contributed by atoms with Gasteiger partial charge in [-0.3, -0.25) is 19.4 Å². The van der Waals surface area contributed by atoms with E-state index in [9.17, 15) is 14.4 Å². The molecule has 2 aliphatic heterocycles. The molecule has 29 heavy (non-hydrogen) atoms. The number of fused-ring (bicyclic) bond motifs is 1. The van der Waals surface area contributed by atoms with Gasteiger partial charge in [0, 0.05) is 24.2 Å². The number of carbonyl (C=O) groups is 2. The Labute approximate surface area is 168 Å². The summed E-state index contributed by atoms with van der Waals surface area (Å²) in [5, 5.41) is 5.46. The van der Waals surface area contributed by atoms with Gasteiger partial charge in [-0.25, -0.2) is 0 Å². The highest BCUT2D eigenvalue weighted by Gasteiger charge is 2.36. The number of piperidine rings is 1. The summed E-state index contributed by atoms with van der Waals surface area (Å²) in [5.41, 5.74) is 0.435. The summed E-state index contributed by atoms with van der Waals surface area (Å²) in [6.07, 6.45) is 3.07. The first-order chi connectivity index (χ1) is 13.9. The van der Waals surface area contributed by atoms with E-state index >= 15 is 0 Å². The summed E-state index contributed by atoms with van der Waals surface area (Å²) in [5.74, 6) is -0.988. The van der Waals surface area contributed by atoms with Gasteiger partial charge in [-0.15, -0.1) is 0 Å². The SMILES string of the molecule is C[C@H]1CCC[C@H](C)N1c1nc2c(c(=O)[nH]1)[C@@H](C(=O)Nc1ccccc1)CC(=O)N2. The number of nitrogens with one attached hydrogen (secondary N) is 3. The van der Waals surface area contributed by atoms with Crippen molar-refractivity contribution in [2.24, 2.45) is 0 Å². The van der Waals surface area contributed by atoms with Crippen LogP contribution in [0.4, 0.5) is 17.5 Å². The molecule has 1 aromatic carbocycles. The van der Waals surface area contributed by atoms with Crippen molar-refractivity contribution in [2.45, 2.75) is 57.5 Å². The third kappa shape index (κ3) is 3.74. The van der Waals surface area contributed by atoms with Gasteiger partial charge in [-0.1, -0.05) is 18.2 Å². The van der Waals surface area contributed by atoms with Gasteiger partial charge in [0.2, 0.25) is 17.8 Å². The number of aromatic nitrogens is 2. The Kier molecular flexibility index (Phi) is 5.08. The number of rotatable bonds is 3. The van der Waals surface area contributed by atoms with Gasteiger partial charge in [0.25, 0.3) is 5.56 Å². The molecule has 0 aliphatic carbocycles. The van der Waals surface area contributed by atoms with Crippen molar-refractivity contribution in [1.29, 1.82) is 0 Å². The summed E-state index contributed by atoms with van der Waals surface area (Å²) in [6, 6.07) is 9.43. The molecule has 2 aromatic rings. The number of anilines is 3. The lowest BCUT2D eigenvalue weighted by Gasteiger charge is -2.39. The second-order valence-electron chi connectivity index (χ2n) is 7.85. The van der Waals surface area contributed by atoms with Gasteiger partial charge in [0.15, 0.2) is 0 Å². The maximum absolute atomic E-state index is 13.0. The molecule has 3 atom stereocenters. The minimum Gasteiger partial charge on any atom is -0.337 e. The summed E-state index contributed by atoms with van der Waals surface area (Å²) in [6.45, 7) is 4.20. The first-order valence-corrected chi connectivity index (χ1v) is 10.0. The number of nitrogens with zero attached hydrogens (tertiary/aromatic N) is 2. The molecule has 0 unspecified atom stereocenters. The smallest absolute Gasteiger partial charge is 0.258 e. The monoisotopic (exact) mass is 395 g/mol. The number of carbonyl (C=O) groups excluding carboxylic acids is 2. The van der Waals surface area contributed by atoms with E-state index in [0.29, 0.717) is 11.6 Å². The Bertz CT molecular complexity index is 978. The average Bonchev–Trinajstić information content (AvgIpc) is 2.67. The molecule has 2 amide bonds. The summed E-state index contributed by atoms with van der Waals surface area (Å²) >= 11 is 0. The zero-order chi connectivity index (χ0) is 20.5. The van der Waals surface area contributed by atoms with Crippen LogP contribution in [-0.2, 0) is 9.59 Å². The van der Waals surface area contributed by atoms with Crippen molar-refractivity contribution in [3.05, 3.63) is 46.2 Å². The molecule has 1 saturated heterocycles. The molecule has 3 N–H and O–H groups in total. The molecule has 8 nitrogen and oxygen atoms in total. The molecule has 4 rings (SSSR count). The maximum Gasteiger partial charge on any atom is 0.258 e. The van der Waals surface area contributed by atoms with E-state index < -0.39 is 11.8 Å². The van der Waals surface area contributed by atoms with Crippen molar-refractivity contribution in [2.75, 3.05) is 15.5 Å². The summed E-state index contributed by atoms with van der Waals surface area (Å²) in [4.78, 5) is 47.6. The molecule has 0 spiro atoms. The first kappa shape index (κ1) is 19.2. The summed E-state index contributed by atoms with van der Waals surface area (Å²) in [7, 11) is 0. The molecule has 1 aromatic heterocycles. The Hall–Kier alpha value is -3.16. The van der Waals surface area contributed by atoms with Crippen LogP contribution in [0.15, 0.2) is 35.1 Å². The van der Waals surface area contributed by atoms with E-state index in [-0.39, 0.29) is 41.4 Å². The number of H-pyrrole nitrogens is 1. The molecule has 0 bridgehead atoms. The van der Waals surface area contributed by atoms with E-state index in [2.05, 4.69) is 39.3 Å². The van der Waals surface area contributed by atoms with Crippen molar-refractivity contribution < 1.29 is 9.59 Å². The third-order valence-corrected chi connectivity index (χ3v) is 5.73. The van der Waals surface area contributed by atoms with Crippen LogP contribution in [0.5, 0.6) is 0 Å². The predicted octanol–water partition coefficient (Wildman–Crippen LogP) is 2.60. The average molecular weight is 395 g/mol. The second kappa shape index (κ2) is 7.69. The van der Waals surface area contributed by atoms with E-state index in [1.807, 2.05) is 6.07 Å². The van der Waals surface area contributed by atoms with Crippen LogP contribution in [0.1, 0.15) is 51.0 Å². The van der Waals surface area contributed by atoms with Crippen LogP contribution in [0.3, 0.4) is 0 Å². The lowest BCUT2D eigenvalue weighted by molar-refractivity contribution is -0.123. The highest BCUT2D eigenvalue weighted by atomic mass is 16.2. The Morgan fingerprint density at radius 3 is 2.52 bits per heavy atom. The van der Waals surface area contributed by atoms with Gasteiger partial charge in [0.1, 0.15) is 5.82 Å². The minimum absolute atomic E-state index is 0.0910. The molecule has 0 radical (unpaired) electrons. The summed E-state index contributed by atoms with van der Waals surface area (Å²) < 4.78 is 0. The largest absolute Gasteiger partial charge is 0.337 e. The van der Waals surface area contributed by atoms with Crippen molar-refractivity contribution in [3.8, 4) is 0 Å². The Balaban J connectivity index is 1.69. The van der Waals surface area contributed by atoms with Crippen LogP contribution in [0.25, 0.3) is 0 Å². The van der Waals surface area contributed by atoms with Crippen LogP contribution in [0, 0.1) is 0 Å². The van der Waals surface area contributed by atoms with Crippen LogP contribution in [-0.4, -0.2) is 33.9 Å². The Morgan fingerprint density at radius 1 is 1.14 bits per heavy atom. The lowest BCUT2D eigenvalue weighted by Crippen LogP contribution is -2.46. The highest BCUT2D eigenvalue weighted by molar-refractivity contribution is 6.04. The molecule has 1 fully saturated rings. The van der Waals surface area contributed by atoms with E-state index in [0.717, 1.165) is 19.3 Å². The number of hydrogen-bond donors (Lipinski definition) is 3. The number of para-hydroxylation sites is 1. The molecular formula is C21H25N5O3. The van der Waals surface area contributed by atoms with E-state index in [1.54, 1.807) is 24.3 Å². The topological polar surface area (TPSA) is 107 Å². The number of amides is 2. The zero-order valence-electron chi connectivity index (χ0n) is 16.6. The maximum atomic E-state index is 13.0. The van der Waals surface area contributed by atoms with E-state index in [4.69, 9.17) is 0 Å². The van der Waals surface area contributed by atoms with Crippen molar-refractivity contribution in [1.82, 2.24) is 9.97 Å². The standard InChI is InChI=1S/C21H25N5O3/c1-12-7-6-8-13(2)26(12)21-24-18-17(20(29)25-21)15(11-16(27)23-18)19(28)22-14-9-4-3-5-10-14/h3-5,9-10,12-13,15H,6-8,11H2,1-2H3,(H,22,28)(H2,23,24,25,27,29)/t12-,13-,15-/m0/s1. The lowest BCUT2D eigenvalue weighted by atomic mass is 9.92. The predicted molar refractivity (Wildman–Crippen MR) is 111 cm³/mol. The molecule has 3 heterocycles. The fourth-order valence-electron chi connectivity index (χ4n) is 4.30. The third-order valence-electron chi connectivity index (χ3n) is 5.73. The molecule has 152 valence electrons. The second-order valence-corrected chi connectivity index (χ2v) is 7.85. The fourth-order valence-corrected chi connectivity index (χ4v) is 4.30. The molecule has 2 aliphatic rings. The van der Waals surface area contributed by atoms with Crippen molar-refractivity contribution in [3.63, 3.8) is 0 Å². The van der Waals surface area contributed by atoms with Gasteiger partial charge >= 0.3 is 0 Å². The quantitative estimate of drug-likeness (QED) is 0.741. The van der Waals surface area contributed by atoms with E-state index in [1.165, 1.54) is 0 Å². The van der Waals surface area contributed by atoms with Gasteiger partial charge in [0.05, 0.1) is 11.5 Å². The first-order valence-electron chi connectivity index (χ1n) is 10.0. The molecular weight excluding hydrogens is 370 g/mol. The molecule has 8 heteroatoms.